The summed E-state index contributed by atoms with van der Waals surface area (Å²) in [7, 11) is -0.720. The molecule has 5 aromatic rings. The molecule has 0 spiro atoms. The molecule has 0 bridgehead atoms. The Kier molecular flexibility index (Phi) is 85.6. The molecular formula is C89H150O11Si. The first-order valence-corrected chi connectivity index (χ1v) is 41.0. The fourth-order valence-corrected chi connectivity index (χ4v) is 10.2. The quantitative estimate of drug-likeness (QED) is 0.0245. The number of aliphatic hydroxyl groups excluding tert-OH is 1. The maximum Gasteiger partial charge on any atom is 0.302 e. The van der Waals surface area contributed by atoms with E-state index >= 15 is 0 Å². The average molecular weight is 1420 g/mol. The summed E-state index contributed by atoms with van der Waals surface area (Å²) in [5.74, 6) is 2.73. The van der Waals surface area contributed by atoms with Crippen molar-refractivity contribution in [3.05, 3.63) is 192 Å². The van der Waals surface area contributed by atoms with Crippen molar-refractivity contribution < 1.29 is 52.8 Å². The lowest BCUT2D eigenvalue weighted by atomic mass is 9.98. The van der Waals surface area contributed by atoms with E-state index < -0.39 is 8.07 Å². The predicted molar refractivity (Wildman–Crippen MR) is 441 cm³/mol. The van der Waals surface area contributed by atoms with Gasteiger partial charge in [-0.2, -0.15) is 0 Å². The number of aliphatic hydroxyl groups is 1. The molecule has 1 aliphatic rings. The minimum absolute atomic E-state index is 0.143. The van der Waals surface area contributed by atoms with Gasteiger partial charge in [0.1, 0.15) is 24.8 Å². The van der Waals surface area contributed by atoms with Gasteiger partial charge in [0.2, 0.25) is 0 Å². The van der Waals surface area contributed by atoms with Gasteiger partial charge in [0.15, 0.2) is 0 Å². The number of esters is 4. The van der Waals surface area contributed by atoms with Crippen molar-refractivity contribution >= 4 is 43.5 Å². The molecule has 0 saturated heterocycles. The van der Waals surface area contributed by atoms with Gasteiger partial charge < -0.3 is 33.6 Å². The predicted octanol–water partition coefficient (Wildman–Crippen LogP) is 24.6. The van der Waals surface area contributed by atoms with Crippen LogP contribution >= 0.6 is 0 Å². The lowest BCUT2D eigenvalue weighted by Gasteiger charge is -2.17. The molecular weight excluding hydrogens is 1270 g/mol. The summed E-state index contributed by atoms with van der Waals surface area (Å²) < 4.78 is 19.1. The second-order valence-corrected chi connectivity index (χ2v) is 31.7. The molecule has 0 aromatic heterocycles. The number of hydrogen-bond donors (Lipinski definition) is 1. The third-order valence-electron chi connectivity index (χ3n) is 12.5. The smallest absolute Gasteiger partial charge is 0.302 e. The molecule has 0 amide bonds. The van der Waals surface area contributed by atoms with Gasteiger partial charge in [0.05, 0.1) is 19.8 Å². The second-order valence-electron chi connectivity index (χ2n) is 26.2. The number of carbonyl (C=O) groups excluding carboxylic acids is 6. The topological polar surface area (TPSA) is 160 Å². The summed E-state index contributed by atoms with van der Waals surface area (Å²) in [5, 5.41) is 8.70. The second kappa shape index (κ2) is 78.7. The minimum atomic E-state index is -0.720. The largest absolute Gasteiger partial charge is 0.466 e. The Hall–Kier alpha value is -7.02. The first kappa shape index (κ1) is 110. The molecule has 0 saturated carbocycles. The van der Waals surface area contributed by atoms with Crippen molar-refractivity contribution in [3.63, 3.8) is 0 Å². The van der Waals surface area contributed by atoms with Crippen molar-refractivity contribution in [3.8, 4) is 11.1 Å². The lowest BCUT2D eigenvalue weighted by Crippen LogP contribution is -2.21. The van der Waals surface area contributed by atoms with Crippen LogP contribution in [0, 0.1) is 23.7 Å². The Morgan fingerprint density at radius 3 is 1.11 bits per heavy atom. The van der Waals surface area contributed by atoms with Crippen molar-refractivity contribution in [2.75, 3.05) is 26.4 Å². The van der Waals surface area contributed by atoms with Gasteiger partial charge in [-0.05, 0) is 127 Å². The summed E-state index contributed by atoms with van der Waals surface area (Å²) in [5.41, 5.74) is 9.96. The number of Topliss-reactive ketones (excluding diaryl/α,β-unsaturated/α-hetero) is 2. The third kappa shape index (κ3) is 87.1. The van der Waals surface area contributed by atoms with Crippen LogP contribution in [0.4, 0.5) is 0 Å². The van der Waals surface area contributed by atoms with Gasteiger partial charge in [0.25, 0.3) is 0 Å². The summed E-state index contributed by atoms with van der Waals surface area (Å²) in [6.45, 7) is 64.7. The molecule has 11 nitrogen and oxygen atoms in total. The number of allylic oxidation sites excluding steroid dienone is 1. The summed E-state index contributed by atoms with van der Waals surface area (Å²) in [6, 6.07) is 46.6. The molecule has 0 unspecified atom stereocenters. The van der Waals surface area contributed by atoms with Crippen LogP contribution in [0.3, 0.4) is 0 Å². The van der Waals surface area contributed by atoms with Crippen LogP contribution in [0.5, 0.6) is 0 Å². The Labute approximate surface area is 621 Å². The van der Waals surface area contributed by atoms with Gasteiger partial charge in [-0.1, -0.05) is 322 Å². The maximum atomic E-state index is 11.0. The number of aryl methyl sites for hydroxylation is 3. The van der Waals surface area contributed by atoms with Crippen molar-refractivity contribution in [1.82, 2.24) is 0 Å². The fourth-order valence-electron chi connectivity index (χ4n) is 7.75. The van der Waals surface area contributed by atoms with Gasteiger partial charge in [-0.25, -0.2) is 0 Å². The van der Waals surface area contributed by atoms with Crippen LogP contribution in [0.25, 0.3) is 11.1 Å². The molecule has 576 valence electrons. The number of unbranched alkanes of at least 4 members (excludes halogenated alkanes) is 1. The summed E-state index contributed by atoms with van der Waals surface area (Å²) in [6.07, 6.45) is 14.2. The van der Waals surface area contributed by atoms with Crippen LogP contribution in [0.1, 0.15) is 257 Å². The molecule has 0 aliphatic heterocycles. The first-order valence-electron chi connectivity index (χ1n) is 37.3. The molecule has 1 aliphatic carbocycles. The number of rotatable bonds is 21. The highest BCUT2D eigenvalue weighted by Gasteiger charge is 2.28. The molecule has 0 fully saturated rings. The number of benzene rings is 5. The Morgan fingerprint density at radius 2 is 0.842 bits per heavy atom. The van der Waals surface area contributed by atoms with Gasteiger partial charge in [0, 0.05) is 48.1 Å². The number of carbonyl (C=O) groups is 6. The monoisotopic (exact) mass is 1420 g/mol. The van der Waals surface area contributed by atoms with E-state index in [0.29, 0.717) is 38.8 Å². The van der Waals surface area contributed by atoms with E-state index in [9.17, 15) is 28.8 Å². The molecule has 101 heavy (non-hydrogen) atoms. The molecule has 1 N–H and O–H groups in total. The van der Waals surface area contributed by atoms with Crippen molar-refractivity contribution in [2.45, 2.75) is 276 Å². The van der Waals surface area contributed by atoms with Crippen LogP contribution in [-0.2, 0) is 73.6 Å². The van der Waals surface area contributed by atoms with Crippen LogP contribution < -0.4 is 0 Å². The van der Waals surface area contributed by atoms with E-state index in [2.05, 4.69) is 174 Å². The zero-order valence-corrected chi connectivity index (χ0v) is 70.5. The number of ether oxygens (including phenoxy) is 4. The van der Waals surface area contributed by atoms with E-state index in [4.69, 9.17) is 14.6 Å². The number of fused-ring (bicyclic) bond motifs is 3. The SMILES string of the molecule is C=CCC.C=CCOC(C)=O.CC.CC.CC(=O)CCc1ccccc1.CC(=O)OCC(C)C.CC(=O)OCC1c2ccccc2-c2ccccc21.CC(=O)OCCCCC(C)C.CC(C)=O.CC(C)C[Si](C)(C)C.CCC.CCC(C)C.CCc1ccc(CO)cc1.CCc1ccccc1. The molecule has 6 rings (SSSR count). The highest BCUT2D eigenvalue weighted by molar-refractivity contribution is 6.76. The third-order valence-corrected chi connectivity index (χ3v) is 14.6. The first-order chi connectivity index (χ1) is 47.6. The van der Waals surface area contributed by atoms with E-state index in [1.807, 2.05) is 133 Å². The molecule has 0 radical (unpaired) electrons. The van der Waals surface area contributed by atoms with E-state index in [-0.39, 0.29) is 48.0 Å². The van der Waals surface area contributed by atoms with E-state index in [1.165, 1.54) is 112 Å². The van der Waals surface area contributed by atoms with Crippen LogP contribution in [0.2, 0.25) is 25.7 Å². The van der Waals surface area contributed by atoms with Crippen molar-refractivity contribution in [2.24, 2.45) is 23.7 Å². The standard InChI is InChI=1S/C16H14O2.C10H12O.C9H18O2.C9H12O.C8H10.C7H18Si.C6H12O2.C5H8O2.C5H12.C4H8.C3H6O.C3H8.2C2H6/c1-11(17)18-10-16-14-8-4-2-6-12(14)13-7-3-5-9-15(13)16;1-9(11)7-8-10-5-3-2-4-6-10;1-8(2)6-4-5-7-11-9(3)10;1-2-8-3-5-9(7-10)6-4-8;1-2-8-6-4-3-5-7-8;1-7(2)6-8(3,4)5;1-5(2)4-8-6(3)7;1-3-4-7-5(2)6;1-4-5(2)3;1-3-4-2;1-3(2)4;1-3-2;2*1-2/h2-9,16H,10H2,1H3;2-6H,7-8H2,1H3;8H,4-7H2,1-3H3;3-6,10H,2,7H2,1H3;3-7H,2H2,1H3;7H,6H2,1-5H3;5H,4H2,1-3H3;3H,1,4H2,2H3;5H,4H2,1-3H3;3H,1,4H2,2H3;1-2H3;3H2,1-2H3;2*1-2H3. The van der Waals surface area contributed by atoms with Crippen molar-refractivity contribution in [1.29, 1.82) is 0 Å². The molecule has 0 atom stereocenters. The zero-order valence-electron chi connectivity index (χ0n) is 69.5. The van der Waals surface area contributed by atoms with E-state index in [0.717, 1.165) is 61.8 Å². The summed E-state index contributed by atoms with van der Waals surface area (Å²) in [4.78, 5) is 61.4. The minimum Gasteiger partial charge on any atom is -0.466 e. The highest BCUT2D eigenvalue weighted by Crippen LogP contribution is 2.44. The molecule has 12 heteroatoms. The number of ketones is 2. The van der Waals surface area contributed by atoms with Crippen LogP contribution in [0.15, 0.2) is 159 Å². The highest BCUT2D eigenvalue weighted by atomic mass is 28.3. The maximum absolute atomic E-state index is 11.0. The Balaban J connectivity index is -0.000000159. The fraction of sp³-hybridized carbons (Fsp3) is 0.551. The van der Waals surface area contributed by atoms with Crippen LogP contribution in [-0.4, -0.2) is 75.1 Å². The zero-order chi connectivity index (χ0) is 79.6. The van der Waals surface area contributed by atoms with E-state index in [1.54, 1.807) is 6.92 Å². The normalized spacial score (nSPS) is 9.71. The lowest BCUT2D eigenvalue weighted by molar-refractivity contribution is -0.142. The number of hydrogen-bond acceptors (Lipinski definition) is 11. The van der Waals surface area contributed by atoms with Gasteiger partial charge >= 0.3 is 23.9 Å². The van der Waals surface area contributed by atoms with Gasteiger partial charge in [-0.3, -0.25) is 19.2 Å². The van der Waals surface area contributed by atoms with Gasteiger partial charge in [-0.15, -0.1) is 6.58 Å². The average Bonchev–Trinajstić information content (AvgIpc) is 1.62. The Bertz CT molecular complexity index is 2620. The molecule has 0 heterocycles. The summed E-state index contributed by atoms with van der Waals surface area (Å²) >= 11 is 0. The Morgan fingerprint density at radius 1 is 0.475 bits per heavy atom. The molecule has 5 aromatic carbocycles.